The Labute approximate surface area is 273 Å². The zero-order chi connectivity index (χ0) is 33.3. The van der Waals surface area contributed by atoms with Crippen LogP contribution in [0.15, 0.2) is 36.5 Å². The standard InChI is InChI=1S/C34H41FN6O6/c1-34(2,3)47-30(42)7-6-29(31(36)43)41-19-22-15-24(4-5-26(22)32(41)44)46-25-8-9-39(20-25)18-23-14-21-17-37-33(38-28(21)16-27(23)35)40-10-12-45-13-11-40/h4-5,14-17,25,29H,6-13,18-20H2,1-3H3,(H2,36,43)/t25-,29-/m0/s1. The minimum absolute atomic E-state index is 0.0374. The Bertz CT molecular complexity index is 1670. The third-order valence-electron chi connectivity index (χ3n) is 8.61. The fourth-order valence-corrected chi connectivity index (χ4v) is 6.34. The molecule has 2 saturated heterocycles. The second-order valence-corrected chi connectivity index (χ2v) is 13.3. The van der Waals surface area contributed by atoms with Crippen LogP contribution in [0.2, 0.25) is 0 Å². The molecule has 0 bridgehead atoms. The number of ether oxygens (including phenoxy) is 3. The van der Waals surface area contributed by atoms with Crippen LogP contribution < -0.4 is 15.4 Å². The number of carbonyl (C=O) groups is 3. The first-order valence-corrected chi connectivity index (χ1v) is 16.1. The predicted molar refractivity (Wildman–Crippen MR) is 171 cm³/mol. The van der Waals surface area contributed by atoms with Crippen molar-refractivity contribution in [1.82, 2.24) is 19.8 Å². The van der Waals surface area contributed by atoms with Crippen molar-refractivity contribution < 1.29 is 33.0 Å². The summed E-state index contributed by atoms with van der Waals surface area (Å²) in [4.78, 5) is 52.4. The number of rotatable bonds is 10. The highest BCUT2D eigenvalue weighted by Crippen LogP contribution is 2.31. The molecule has 12 nitrogen and oxygen atoms in total. The van der Waals surface area contributed by atoms with Crippen LogP contribution in [0.25, 0.3) is 10.9 Å². The van der Waals surface area contributed by atoms with Crippen LogP contribution in [0.5, 0.6) is 5.75 Å². The van der Waals surface area contributed by atoms with Gasteiger partial charge in [0.1, 0.15) is 29.3 Å². The van der Waals surface area contributed by atoms with Crippen LogP contribution in [0.4, 0.5) is 10.3 Å². The molecule has 0 spiro atoms. The van der Waals surface area contributed by atoms with Crippen LogP contribution in [0.1, 0.15) is 61.5 Å². The zero-order valence-electron chi connectivity index (χ0n) is 27.0. The summed E-state index contributed by atoms with van der Waals surface area (Å²) in [6.07, 6.45) is 2.43. The van der Waals surface area contributed by atoms with E-state index in [1.807, 2.05) is 17.0 Å². The van der Waals surface area contributed by atoms with Gasteiger partial charge in [0.15, 0.2) is 0 Å². The molecule has 3 aliphatic heterocycles. The summed E-state index contributed by atoms with van der Waals surface area (Å²) < 4.78 is 32.2. The number of nitrogens with zero attached hydrogens (tertiary/aromatic N) is 5. The van der Waals surface area contributed by atoms with Gasteiger partial charge in [0.2, 0.25) is 11.9 Å². The monoisotopic (exact) mass is 648 g/mol. The number of morpholine rings is 1. The molecule has 0 saturated carbocycles. The maximum atomic E-state index is 15.2. The number of carbonyl (C=O) groups excluding carboxylic acids is 3. The van der Waals surface area contributed by atoms with Gasteiger partial charge in [0, 0.05) is 74.5 Å². The summed E-state index contributed by atoms with van der Waals surface area (Å²) in [6.45, 7) is 9.92. The number of primary amides is 1. The van der Waals surface area contributed by atoms with E-state index in [-0.39, 0.29) is 37.2 Å². The Hall–Kier alpha value is -4.36. The molecular weight excluding hydrogens is 607 g/mol. The van der Waals surface area contributed by atoms with Crippen molar-refractivity contribution in [2.75, 3.05) is 44.3 Å². The summed E-state index contributed by atoms with van der Waals surface area (Å²) in [6, 6.07) is 7.62. The van der Waals surface area contributed by atoms with Crippen LogP contribution in [-0.2, 0) is 32.2 Å². The first kappa shape index (κ1) is 32.6. The molecule has 2 N–H and O–H groups in total. The number of hydrogen-bond donors (Lipinski definition) is 1. The third-order valence-corrected chi connectivity index (χ3v) is 8.61. The number of halogens is 1. The first-order chi connectivity index (χ1) is 22.4. The van der Waals surface area contributed by atoms with Gasteiger partial charge in [-0.05, 0) is 63.4 Å². The molecule has 0 unspecified atom stereocenters. The number of hydrogen-bond acceptors (Lipinski definition) is 10. The van der Waals surface area contributed by atoms with Gasteiger partial charge in [-0.25, -0.2) is 14.4 Å². The number of nitrogens with two attached hydrogens (primary N) is 1. The van der Waals surface area contributed by atoms with Gasteiger partial charge >= 0.3 is 5.97 Å². The van der Waals surface area contributed by atoms with Gasteiger partial charge in [-0.2, -0.15) is 0 Å². The molecule has 13 heteroatoms. The largest absolute Gasteiger partial charge is 0.489 e. The number of anilines is 1. The Kier molecular flexibility index (Phi) is 9.29. The molecule has 47 heavy (non-hydrogen) atoms. The van der Waals surface area contributed by atoms with Gasteiger partial charge in [-0.3, -0.25) is 19.3 Å². The molecular formula is C34H41FN6O6. The maximum absolute atomic E-state index is 15.2. The number of fused-ring (bicyclic) bond motifs is 2. The predicted octanol–water partition coefficient (Wildman–Crippen LogP) is 3.19. The Balaban J connectivity index is 1.05. The molecule has 1 aromatic heterocycles. The topological polar surface area (TPSA) is 140 Å². The summed E-state index contributed by atoms with van der Waals surface area (Å²) in [5.74, 6) is -0.551. The highest BCUT2D eigenvalue weighted by Gasteiger charge is 2.36. The zero-order valence-corrected chi connectivity index (χ0v) is 27.0. The van der Waals surface area contributed by atoms with Crippen molar-refractivity contribution in [3.05, 3.63) is 59.0 Å². The smallest absolute Gasteiger partial charge is 0.306 e. The van der Waals surface area contributed by atoms with Crippen molar-refractivity contribution in [3.8, 4) is 5.75 Å². The molecule has 3 aliphatic rings. The van der Waals surface area contributed by atoms with Crippen LogP contribution in [0, 0.1) is 5.82 Å². The van der Waals surface area contributed by atoms with Crippen molar-refractivity contribution in [1.29, 1.82) is 0 Å². The molecule has 0 aliphatic carbocycles. The lowest BCUT2D eigenvalue weighted by atomic mass is 10.1. The van der Waals surface area contributed by atoms with Crippen molar-refractivity contribution in [2.24, 2.45) is 5.73 Å². The van der Waals surface area contributed by atoms with E-state index in [0.29, 0.717) is 67.7 Å². The van der Waals surface area contributed by atoms with Gasteiger partial charge < -0.3 is 29.7 Å². The lowest BCUT2D eigenvalue weighted by molar-refractivity contribution is -0.155. The fourth-order valence-electron chi connectivity index (χ4n) is 6.34. The van der Waals surface area contributed by atoms with E-state index in [9.17, 15) is 14.4 Å². The quantitative estimate of drug-likeness (QED) is 0.326. The lowest BCUT2D eigenvalue weighted by Crippen LogP contribution is -2.45. The second-order valence-electron chi connectivity index (χ2n) is 13.3. The molecule has 250 valence electrons. The van der Waals surface area contributed by atoms with Crippen molar-refractivity contribution in [2.45, 2.75) is 70.9 Å². The molecule has 2 atom stereocenters. The second kappa shape index (κ2) is 13.4. The van der Waals surface area contributed by atoms with Gasteiger partial charge in [0.25, 0.3) is 5.91 Å². The SMILES string of the molecule is CC(C)(C)OC(=O)CC[C@@H](C(N)=O)N1Cc2cc(O[C@H]3CCN(Cc4cc5cnc(N6CCOCC6)nc5cc4F)C3)ccc2C1=O. The molecule has 6 rings (SSSR count). The first-order valence-electron chi connectivity index (χ1n) is 16.1. The van der Waals surface area contributed by atoms with E-state index in [4.69, 9.17) is 19.9 Å². The molecule has 4 heterocycles. The van der Waals surface area contributed by atoms with Gasteiger partial charge in [-0.15, -0.1) is 0 Å². The third kappa shape index (κ3) is 7.62. The van der Waals surface area contributed by atoms with E-state index >= 15 is 4.39 Å². The normalized spacial score (nSPS) is 19.2. The Morgan fingerprint density at radius 3 is 2.68 bits per heavy atom. The maximum Gasteiger partial charge on any atom is 0.306 e. The molecule has 2 aromatic carbocycles. The minimum Gasteiger partial charge on any atom is -0.489 e. The summed E-state index contributed by atoms with van der Waals surface area (Å²) in [5, 5.41) is 0.788. The number of likely N-dealkylation sites (tertiary alicyclic amines) is 1. The van der Waals surface area contributed by atoms with Crippen LogP contribution >= 0.6 is 0 Å². The van der Waals surface area contributed by atoms with E-state index < -0.39 is 23.5 Å². The van der Waals surface area contributed by atoms with Gasteiger partial charge in [0.05, 0.1) is 18.7 Å². The number of benzene rings is 2. The Morgan fingerprint density at radius 2 is 1.94 bits per heavy atom. The summed E-state index contributed by atoms with van der Waals surface area (Å²) >= 11 is 0. The summed E-state index contributed by atoms with van der Waals surface area (Å²) in [5.41, 5.74) is 7.35. The van der Waals surface area contributed by atoms with E-state index in [1.165, 1.54) is 11.0 Å². The van der Waals surface area contributed by atoms with E-state index in [2.05, 4.69) is 14.9 Å². The van der Waals surface area contributed by atoms with E-state index in [1.54, 1.807) is 39.1 Å². The van der Waals surface area contributed by atoms with Crippen molar-refractivity contribution in [3.63, 3.8) is 0 Å². The fraction of sp³-hybridized carbons (Fsp3) is 0.500. The summed E-state index contributed by atoms with van der Waals surface area (Å²) in [7, 11) is 0. The number of esters is 1. The molecule has 2 fully saturated rings. The molecule has 2 amide bonds. The number of aromatic nitrogens is 2. The van der Waals surface area contributed by atoms with Crippen LogP contribution in [-0.4, -0.2) is 94.7 Å². The van der Waals surface area contributed by atoms with Crippen molar-refractivity contribution >= 4 is 34.6 Å². The minimum atomic E-state index is -0.941. The van der Waals surface area contributed by atoms with Crippen LogP contribution in [0.3, 0.4) is 0 Å². The number of amides is 2. The highest BCUT2D eigenvalue weighted by molar-refractivity contribution is 6.01. The van der Waals surface area contributed by atoms with Gasteiger partial charge in [-0.1, -0.05) is 0 Å². The average Bonchev–Trinajstić information content (AvgIpc) is 3.59. The average molecular weight is 649 g/mol. The highest BCUT2D eigenvalue weighted by atomic mass is 19.1. The molecule has 3 aromatic rings. The Morgan fingerprint density at radius 1 is 1.15 bits per heavy atom. The van der Waals surface area contributed by atoms with E-state index in [0.717, 1.165) is 23.9 Å². The molecule has 0 radical (unpaired) electrons. The lowest BCUT2D eigenvalue weighted by Gasteiger charge is -2.26.